The molecular weight excluding hydrogens is 1080 g/mol. The number of hydrogen-bond donors (Lipinski definition) is 0. The molecule has 0 aliphatic heterocycles. The van der Waals surface area contributed by atoms with Crippen LogP contribution in [0.15, 0.2) is 308 Å². The normalized spacial score (nSPS) is 13.6. The monoisotopic (exact) mass is 1130 g/mol. The van der Waals surface area contributed by atoms with Crippen LogP contribution in [0.1, 0.15) is 44.5 Å². The van der Waals surface area contributed by atoms with E-state index < -0.39 is 10.8 Å². The van der Waals surface area contributed by atoms with Gasteiger partial charge in [-0.2, -0.15) is 0 Å². The van der Waals surface area contributed by atoms with E-state index in [-0.39, 0.29) is 0 Å². The van der Waals surface area contributed by atoms with Crippen molar-refractivity contribution in [2.75, 3.05) is 0 Å². The van der Waals surface area contributed by atoms with Crippen LogP contribution in [0.4, 0.5) is 0 Å². The second-order valence-electron chi connectivity index (χ2n) is 23.9. The zero-order valence-electron chi connectivity index (χ0n) is 48.1. The lowest BCUT2D eigenvalue weighted by atomic mass is 9.70. The summed E-state index contributed by atoms with van der Waals surface area (Å²) in [7, 11) is 0. The molecule has 0 amide bonds. The third-order valence-electron chi connectivity index (χ3n) is 19.5. The predicted octanol–water partition coefficient (Wildman–Crippen LogP) is 20.4. The molecule has 5 nitrogen and oxygen atoms in total. The average molecular weight is 1130 g/mol. The number of rotatable bonds is 7. The van der Waals surface area contributed by atoms with Gasteiger partial charge in [0.15, 0.2) is 0 Å². The number of hydrogen-bond acceptors (Lipinski definition) is 5. The SMILES string of the molecule is c1ccc(-c2nnc(-c3ccc(-c4ccc(-c5nc6cc(-c7ccc8c(c7)C7(c9ccccc9-c9ccccc97)c7ccccc7-8)c(-c7ccc8c(c7)C7(c9ccccc9-c9ccccc97)c7ccccc7-8)cc6nc5-c5ccccc5)cc4)cc3)o2)cc1. The molecule has 2 spiro atoms. The van der Waals surface area contributed by atoms with Crippen molar-refractivity contribution in [3.8, 4) is 123 Å². The van der Waals surface area contributed by atoms with Crippen LogP contribution in [-0.2, 0) is 10.8 Å². The fourth-order valence-corrected chi connectivity index (χ4v) is 15.8. The lowest BCUT2D eigenvalue weighted by Gasteiger charge is -2.31. The van der Waals surface area contributed by atoms with Gasteiger partial charge in [0, 0.05) is 22.3 Å². The van der Waals surface area contributed by atoms with Crippen molar-refractivity contribution < 1.29 is 4.42 Å². The van der Waals surface area contributed by atoms with Crippen molar-refractivity contribution in [2.45, 2.75) is 10.8 Å². The Hall–Kier alpha value is -11.7. The quantitative estimate of drug-likeness (QED) is 0.159. The summed E-state index contributed by atoms with van der Waals surface area (Å²) in [6.45, 7) is 0. The fraction of sp³-hybridized carbons (Fsp3) is 0.0238. The molecule has 0 saturated carbocycles. The second-order valence-corrected chi connectivity index (χ2v) is 23.9. The lowest BCUT2D eigenvalue weighted by molar-refractivity contribution is 0.584. The first-order valence-corrected chi connectivity index (χ1v) is 30.5. The molecule has 4 aliphatic carbocycles. The van der Waals surface area contributed by atoms with Gasteiger partial charge in [0.05, 0.1) is 33.3 Å². The Balaban J connectivity index is 0.812. The van der Waals surface area contributed by atoms with Gasteiger partial charge < -0.3 is 4.42 Å². The van der Waals surface area contributed by atoms with Gasteiger partial charge in [-0.1, -0.05) is 255 Å². The van der Waals surface area contributed by atoms with E-state index in [4.69, 9.17) is 14.4 Å². The summed E-state index contributed by atoms with van der Waals surface area (Å²) in [6, 6.07) is 111. The molecule has 0 N–H and O–H groups in total. The summed E-state index contributed by atoms with van der Waals surface area (Å²) >= 11 is 0. The zero-order valence-corrected chi connectivity index (χ0v) is 48.1. The Labute approximate surface area is 514 Å². The fourth-order valence-electron chi connectivity index (χ4n) is 15.8. The van der Waals surface area contributed by atoms with Crippen LogP contribution >= 0.6 is 0 Å². The maximum atomic E-state index is 6.11. The molecule has 19 rings (SSSR count). The van der Waals surface area contributed by atoms with E-state index in [0.29, 0.717) is 11.8 Å². The van der Waals surface area contributed by atoms with Crippen LogP contribution in [0.5, 0.6) is 0 Å². The van der Waals surface area contributed by atoms with Crippen LogP contribution < -0.4 is 0 Å². The molecule has 0 radical (unpaired) electrons. The third kappa shape index (κ3) is 7.01. The Morgan fingerprint density at radius 3 is 0.843 bits per heavy atom. The van der Waals surface area contributed by atoms with Crippen molar-refractivity contribution in [3.63, 3.8) is 0 Å². The first-order valence-electron chi connectivity index (χ1n) is 30.5. The number of fused-ring (bicyclic) bond motifs is 21. The third-order valence-corrected chi connectivity index (χ3v) is 19.5. The molecule has 13 aromatic carbocycles. The lowest BCUT2D eigenvalue weighted by Crippen LogP contribution is -2.25. The molecule has 15 aromatic rings. The molecule has 0 fully saturated rings. The van der Waals surface area contributed by atoms with Crippen LogP contribution in [0, 0.1) is 0 Å². The van der Waals surface area contributed by atoms with Crippen molar-refractivity contribution >= 4 is 11.0 Å². The van der Waals surface area contributed by atoms with E-state index in [2.05, 4.69) is 271 Å². The minimum Gasteiger partial charge on any atom is -0.416 e. The highest BCUT2D eigenvalue weighted by Gasteiger charge is 2.53. The zero-order chi connectivity index (χ0) is 58.4. The minimum absolute atomic E-state index is 0.480. The van der Waals surface area contributed by atoms with Gasteiger partial charge in [-0.05, 0) is 171 Å². The molecule has 2 heterocycles. The number of benzene rings is 13. The summed E-state index contributed by atoms with van der Waals surface area (Å²) in [5, 5.41) is 8.71. The topological polar surface area (TPSA) is 64.7 Å². The molecule has 89 heavy (non-hydrogen) atoms. The second kappa shape index (κ2) is 18.9. The van der Waals surface area contributed by atoms with E-state index in [1.807, 2.05) is 42.5 Å². The molecule has 412 valence electrons. The molecule has 2 aromatic heterocycles. The average Bonchev–Trinajstić information content (AvgIpc) is 1.53. The molecule has 0 unspecified atom stereocenters. The summed E-state index contributed by atoms with van der Waals surface area (Å²) in [6.07, 6.45) is 0. The van der Waals surface area contributed by atoms with Crippen LogP contribution in [0.3, 0.4) is 0 Å². The van der Waals surface area contributed by atoms with E-state index in [9.17, 15) is 0 Å². The van der Waals surface area contributed by atoms with E-state index in [1.54, 1.807) is 0 Å². The van der Waals surface area contributed by atoms with Gasteiger partial charge in [-0.15, -0.1) is 10.2 Å². The molecule has 0 atom stereocenters. The molecular formula is C84H50N4O. The van der Waals surface area contributed by atoms with Crippen LogP contribution in [0.25, 0.3) is 134 Å². The first-order chi connectivity index (χ1) is 44.1. The van der Waals surface area contributed by atoms with Crippen molar-refractivity contribution in [3.05, 3.63) is 348 Å². The summed E-state index contributed by atoms with van der Waals surface area (Å²) in [5.41, 5.74) is 33.2. The van der Waals surface area contributed by atoms with Gasteiger partial charge in [-0.3, -0.25) is 0 Å². The smallest absolute Gasteiger partial charge is 0.248 e. The Bertz CT molecular complexity index is 5310. The van der Waals surface area contributed by atoms with Crippen molar-refractivity contribution in [1.82, 2.24) is 20.2 Å². The van der Waals surface area contributed by atoms with Crippen LogP contribution in [0.2, 0.25) is 0 Å². The van der Waals surface area contributed by atoms with Gasteiger partial charge in [-0.25, -0.2) is 9.97 Å². The number of aromatic nitrogens is 4. The molecule has 4 aliphatic rings. The van der Waals surface area contributed by atoms with Gasteiger partial charge in [0.2, 0.25) is 11.8 Å². The van der Waals surface area contributed by atoms with Gasteiger partial charge in [0.1, 0.15) is 0 Å². The molecule has 0 bridgehead atoms. The Morgan fingerprint density at radius 2 is 0.472 bits per heavy atom. The predicted molar refractivity (Wildman–Crippen MR) is 358 cm³/mol. The largest absolute Gasteiger partial charge is 0.416 e. The summed E-state index contributed by atoms with van der Waals surface area (Å²) in [4.78, 5) is 11.5. The Kier molecular flexibility index (Phi) is 10.5. The number of nitrogens with zero attached hydrogens (tertiary/aromatic N) is 4. The molecule has 0 saturated heterocycles. The van der Waals surface area contributed by atoms with E-state index >= 15 is 0 Å². The van der Waals surface area contributed by atoms with Gasteiger partial charge in [0.25, 0.3) is 0 Å². The van der Waals surface area contributed by atoms with E-state index in [1.165, 1.54) is 89.0 Å². The standard InChI is InChI=1S/C84H50N4O/c1-3-19-53(20-4-1)79-80(54-39-35-51(36-40-54)52-37-41-56(42-38-52)82-88-87-81(89-82)55-21-5-2-6-22-55)86-78-50-68(58-44-46-66-64-28-12-18-34-74(64)84(76(66)48-58)71-31-15-9-25-61(71)62-26-10-16-32-72(62)84)67(49-77(78)85-79)57-43-45-65-63-27-11-17-33-73(63)83(75(65)47-57)69-29-13-7-23-59(69)60-24-8-14-30-70(60)83/h1-50H. The van der Waals surface area contributed by atoms with E-state index in [0.717, 1.165) is 78.1 Å². The van der Waals surface area contributed by atoms with Crippen LogP contribution in [-0.4, -0.2) is 20.2 Å². The van der Waals surface area contributed by atoms with Gasteiger partial charge >= 0.3 is 0 Å². The summed E-state index contributed by atoms with van der Waals surface area (Å²) < 4.78 is 6.11. The highest BCUT2D eigenvalue weighted by molar-refractivity contribution is 6.02. The van der Waals surface area contributed by atoms with Crippen molar-refractivity contribution in [2.24, 2.45) is 0 Å². The maximum absolute atomic E-state index is 6.11. The highest BCUT2D eigenvalue weighted by Crippen LogP contribution is 2.65. The minimum atomic E-state index is -0.520. The maximum Gasteiger partial charge on any atom is 0.248 e. The first kappa shape index (κ1) is 49.6. The Morgan fingerprint density at radius 1 is 0.202 bits per heavy atom. The van der Waals surface area contributed by atoms with Crippen molar-refractivity contribution in [1.29, 1.82) is 0 Å². The molecule has 5 heteroatoms. The summed E-state index contributed by atoms with van der Waals surface area (Å²) in [5.74, 6) is 0.975. The highest BCUT2D eigenvalue weighted by atomic mass is 16.4.